The van der Waals surface area contributed by atoms with Crippen LogP contribution in [-0.4, -0.2) is 70.7 Å². The Labute approximate surface area is 187 Å². The third-order valence-electron chi connectivity index (χ3n) is 7.81. The molecule has 2 fully saturated rings. The van der Waals surface area contributed by atoms with Crippen LogP contribution in [0.1, 0.15) is 32.6 Å². The van der Waals surface area contributed by atoms with Gasteiger partial charge < -0.3 is 29.5 Å². The number of methoxy groups -OCH3 is 1. The van der Waals surface area contributed by atoms with Crippen molar-refractivity contribution in [2.45, 2.75) is 50.3 Å². The quantitative estimate of drug-likeness (QED) is 0.430. The third kappa shape index (κ3) is 2.93. The summed E-state index contributed by atoms with van der Waals surface area (Å²) in [5.41, 5.74) is -0.353. The highest BCUT2D eigenvalue weighted by Gasteiger charge is 2.60. The standard InChI is InChI=1S/C24H31NO7/c1-3-17(28)16-5-4-7-24-8-6-13(10-25(16)24)9-18-19(24)14(11-26)21(31-18)22-20(30-2)15(12-27)23(29)32-22/h6,8-9,13-14,16-17,19,26-28H,3-5,7,10-12H2,1-2H3/b22-21-/t13-,14-,16-,17-,19-,24+/m0/s1. The Kier molecular flexibility index (Phi) is 5.44. The number of aliphatic hydroxyl groups is 3. The Morgan fingerprint density at radius 2 is 2.16 bits per heavy atom. The van der Waals surface area contributed by atoms with E-state index in [2.05, 4.69) is 23.1 Å². The van der Waals surface area contributed by atoms with Crippen LogP contribution in [0.25, 0.3) is 0 Å². The van der Waals surface area contributed by atoms with Crippen LogP contribution in [0.5, 0.6) is 0 Å². The summed E-state index contributed by atoms with van der Waals surface area (Å²) in [7, 11) is 1.41. The van der Waals surface area contributed by atoms with Crippen molar-refractivity contribution in [1.82, 2.24) is 4.90 Å². The molecule has 5 heterocycles. The van der Waals surface area contributed by atoms with Crippen molar-refractivity contribution in [3.63, 3.8) is 0 Å². The number of ether oxygens (including phenoxy) is 3. The number of rotatable bonds is 5. The van der Waals surface area contributed by atoms with Crippen molar-refractivity contribution in [2.24, 2.45) is 17.8 Å². The van der Waals surface area contributed by atoms with E-state index in [1.807, 2.05) is 6.92 Å². The molecule has 8 nitrogen and oxygen atoms in total. The summed E-state index contributed by atoms with van der Waals surface area (Å²) in [5, 5.41) is 30.9. The molecule has 0 unspecified atom stereocenters. The SMILES string of the molecule is CC[C@H](O)[C@@H]1CCC[C@@]23C=C[C@@H](C=C4O/C(=C5\OC(=O)C(CO)=C5OC)[C@@H](CO)[C@@H]42)CN13. The highest BCUT2D eigenvalue weighted by Crippen LogP contribution is 2.56. The maximum Gasteiger partial charge on any atom is 0.345 e. The highest BCUT2D eigenvalue weighted by molar-refractivity contribution is 5.94. The highest BCUT2D eigenvalue weighted by atomic mass is 16.6. The predicted octanol–water partition coefficient (Wildman–Crippen LogP) is 1.35. The number of nitrogens with zero attached hydrogens (tertiary/aromatic N) is 1. The molecule has 1 spiro atoms. The lowest BCUT2D eigenvalue weighted by molar-refractivity contribution is -0.134. The van der Waals surface area contributed by atoms with Gasteiger partial charge in [0.1, 0.15) is 11.3 Å². The van der Waals surface area contributed by atoms with E-state index in [0.29, 0.717) is 12.2 Å². The minimum Gasteiger partial charge on any atom is -0.492 e. The normalized spacial score (nSPS) is 39.3. The van der Waals surface area contributed by atoms with Crippen LogP contribution in [0.3, 0.4) is 0 Å². The number of carbonyl (C=O) groups is 1. The van der Waals surface area contributed by atoms with Gasteiger partial charge in [0.05, 0.1) is 43.8 Å². The van der Waals surface area contributed by atoms with Gasteiger partial charge in [0.25, 0.3) is 0 Å². The molecule has 0 amide bonds. The molecule has 0 aromatic rings. The molecule has 6 rings (SSSR count). The van der Waals surface area contributed by atoms with Crippen molar-refractivity contribution in [3.8, 4) is 0 Å². The van der Waals surface area contributed by atoms with E-state index in [4.69, 9.17) is 14.2 Å². The predicted molar refractivity (Wildman–Crippen MR) is 113 cm³/mol. The van der Waals surface area contributed by atoms with Crippen molar-refractivity contribution in [1.29, 1.82) is 0 Å². The van der Waals surface area contributed by atoms with E-state index in [1.165, 1.54) is 7.11 Å². The lowest BCUT2D eigenvalue weighted by Crippen LogP contribution is -2.64. The zero-order chi connectivity index (χ0) is 22.6. The first kappa shape index (κ1) is 21.7. The van der Waals surface area contributed by atoms with Crippen LogP contribution in [-0.2, 0) is 19.0 Å². The van der Waals surface area contributed by atoms with Crippen LogP contribution in [0.2, 0.25) is 0 Å². The van der Waals surface area contributed by atoms with Gasteiger partial charge >= 0.3 is 5.97 Å². The van der Waals surface area contributed by atoms with E-state index < -0.39 is 30.1 Å². The van der Waals surface area contributed by atoms with Gasteiger partial charge in [-0.2, -0.15) is 0 Å². The van der Waals surface area contributed by atoms with Crippen molar-refractivity contribution in [2.75, 3.05) is 26.9 Å². The number of cyclic esters (lactones) is 1. The van der Waals surface area contributed by atoms with Crippen LogP contribution in [0, 0.1) is 17.8 Å². The summed E-state index contributed by atoms with van der Waals surface area (Å²) in [5.74, 6) is 0.255. The minimum absolute atomic E-state index is 0.0429. The number of aliphatic hydroxyl groups excluding tert-OH is 3. The van der Waals surface area contributed by atoms with Crippen LogP contribution >= 0.6 is 0 Å². The van der Waals surface area contributed by atoms with Gasteiger partial charge in [-0.15, -0.1) is 0 Å². The van der Waals surface area contributed by atoms with Crippen molar-refractivity contribution < 1.29 is 34.3 Å². The fourth-order valence-electron chi connectivity index (χ4n) is 6.39. The second kappa shape index (κ2) is 8.02. The number of hydrogen-bond acceptors (Lipinski definition) is 8. The Morgan fingerprint density at radius 3 is 2.84 bits per heavy atom. The summed E-state index contributed by atoms with van der Waals surface area (Å²) in [6.07, 6.45) is 9.63. The molecular weight excluding hydrogens is 414 g/mol. The minimum atomic E-state index is -0.668. The molecule has 2 saturated heterocycles. The molecule has 6 atom stereocenters. The van der Waals surface area contributed by atoms with Crippen molar-refractivity contribution in [3.05, 3.63) is 46.8 Å². The van der Waals surface area contributed by atoms with Crippen molar-refractivity contribution >= 4 is 5.97 Å². The first-order chi connectivity index (χ1) is 15.5. The molecule has 0 aromatic heterocycles. The first-order valence-electron chi connectivity index (χ1n) is 11.5. The van der Waals surface area contributed by atoms with Gasteiger partial charge in [0.2, 0.25) is 5.76 Å². The first-order valence-corrected chi connectivity index (χ1v) is 11.5. The monoisotopic (exact) mass is 445 g/mol. The topological polar surface area (TPSA) is 109 Å². The second-order valence-corrected chi connectivity index (χ2v) is 9.29. The lowest BCUT2D eigenvalue weighted by atomic mass is 9.67. The summed E-state index contributed by atoms with van der Waals surface area (Å²) in [6.45, 7) is 2.11. The molecule has 174 valence electrons. The van der Waals surface area contributed by atoms with Crippen LogP contribution in [0.4, 0.5) is 0 Å². The largest absolute Gasteiger partial charge is 0.492 e. The van der Waals surface area contributed by atoms with Gasteiger partial charge in [-0.25, -0.2) is 4.79 Å². The average Bonchev–Trinajstić information content (AvgIpc) is 3.25. The molecule has 32 heavy (non-hydrogen) atoms. The zero-order valence-corrected chi connectivity index (χ0v) is 18.5. The van der Waals surface area contributed by atoms with Gasteiger partial charge in [-0.05, 0) is 31.8 Å². The lowest BCUT2D eigenvalue weighted by Gasteiger charge is -2.55. The van der Waals surface area contributed by atoms with Gasteiger partial charge in [-0.1, -0.05) is 19.1 Å². The smallest absolute Gasteiger partial charge is 0.345 e. The summed E-state index contributed by atoms with van der Waals surface area (Å²) >= 11 is 0. The summed E-state index contributed by atoms with van der Waals surface area (Å²) in [6, 6.07) is 0.0460. The Balaban J connectivity index is 1.62. The molecule has 5 aliphatic heterocycles. The van der Waals surface area contributed by atoms with E-state index in [1.54, 1.807) is 0 Å². The molecule has 0 radical (unpaired) electrons. The van der Waals surface area contributed by atoms with Crippen LogP contribution < -0.4 is 0 Å². The molecule has 6 aliphatic rings. The third-order valence-corrected chi connectivity index (χ3v) is 7.81. The molecule has 8 heteroatoms. The molecule has 1 aliphatic carbocycles. The average molecular weight is 446 g/mol. The number of carbonyl (C=O) groups excluding carboxylic acids is 1. The second-order valence-electron chi connectivity index (χ2n) is 9.29. The van der Waals surface area contributed by atoms with Crippen LogP contribution in [0.15, 0.2) is 46.8 Å². The molecule has 3 N–H and O–H groups in total. The molecule has 0 saturated carbocycles. The Bertz CT molecular complexity index is 935. The number of esters is 1. The van der Waals surface area contributed by atoms with E-state index in [0.717, 1.165) is 31.6 Å². The molecular formula is C24H31NO7. The maximum atomic E-state index is 12.3. The Hall–Kier alpha value is -2.13. The Morgan fingerprint density at radius 1 is 1.34 bits per heavy atom. The number of piperidine rings is 1. The van der Waals surface area contributed by atoms with E-state index >= 15 is 0 Å². The number of hydrogen-bond donors (Lipinski definition) is 3. The van der Waals surface area contributed by atoms with Gasteiger partial charge in [-0.3, -0.25) is 4.90 Å². The summed E-state index contributed by atoms with van der Waals surface area (Å²) in [4.78, 5) is 14.7. The van der Waals surface area contributed by atoms with Gasteiger partial charge in [0.15, 0.2) is 11.5 Å². The summed E-state index contributed by atoms with van der Waals surface area (Å²) < 4.78 is 17.2. The zero-order valence-electron chi connectivity index (χ0n) is 18.5. The molecule has 0 aromatic carbocycles. The molecule has 2 bridgehead atoms. The maximum absolute atomic E-state index is 12.3. The van der Waals surface area contributed by atoms with Gasteiger partial charge in [0, 0.05) is 18.5 Å². The van der Waals surface area contributed by atoms with E-state index in [-0.39, 0.29) is 41.6 Å². The fraction of sp³-hybridized carbons (Fsp3) is 0.625. The van der Waals surface area contributed by atoms with E-state index in [9.17, 15) is 20.1 Å². The fourth-order valence-corrected chi connectivity index (χ4v) is 6.39.